The topological polar surface area (TPSA) is 38.0 Å². The second kappa shape index (κ2) is 10.2. The molecule has 0 aliphatic heterocycles. The number of nitrogens with two attached hydrogens (primary N) is 1. The van der Waals surface area contributed by atoms with Crippen LogP contribution in [0.3, 0.4) is 0 Å². The summed E-state index contributed by atoms with van der Waals surface area (Å²) < 4.78 is 24.7. The van der Waals surface area contributed by atoms with Gasteiger partial charge in [-0.3, -0.25) is 11.3 Å². The minimum absolute atomic E-state index is 0.733. The summed E-state index contributed by atoms with van der Waals surface area (Å²) >= 11 is 0. The summed E-state index contributed by atoms with van der Waals surface area (Å²) in [4.78, 5) is 0. The van der Waals surface area contributed by atoms with E-state index in [1.807, 2.05) is 6.92 Å². The second-order valence-electron chi connectivity index (χ2n) is 3.76. The zero-order valence-electron chi connectivity index (χ0n) is 10.6. The highest BCUT2D eigenvalue weighted by atomic mass is 19.2. The molecule has 0 atom stereocenters. The van der Waals surface area contributed by atoms with Crippen molar-refractivity contribution in [1.29, 1.82) is 0 Å². The molecule has 17 heavy (non-hydrogen) atoms. The number of nitrogens with one attached hydrogen (secondary N) is 1. The van der Waals surface area contributed by atoms with Crippen LogP contribution in [0.1, 0.15) is 38.7 Å². The van der Waals surface area contributed by atoms with Gasteiger partial charge in [-0.05, 0) is 30.5 Å². The molecule has 3 N–H and O–H groups in total. The molecule has 1 aromatic rings. The van der Waals surface area contributed by atoms with Crippen LogP contribution in [0.2, 0.25) is 0 Å². The lowest BCUT2D eigenvalue weighted by atomic mass is 10.2. The van der Waals surface area contributed by atoms with Gasteiger partial charge in [0.05, 0.1) is 0 Å². The Morgan fingerprint density at radius 2 is 1.82 bits per heavy atom. The third-order valence-corrected chi connectivity index (χ3v) is 2.32. The smallest absolute Gasteiger partial charge is 0.159 e. The Morgan fingerprint density at radius 3 is 2.29 bits per heavy atom. The molecule has 0 spiro atoms. The first-order valence-electron chi connectivity index (χ1n) is 6.03. The van der Waals surface area contributed by atoms with E-state index in [9.17, 15) is 8.78 Å². The zero-order chi connectivity index (χ0) is 13.1. The molecule has 0 unspecified atom stereocenters. The molecule has 0 fully saturated rings. The van der Waals surface area contributed by atoms with Crippen molar-refractivity contribution in [3.05, 3.63) is 35.4 Å². The molecule has 4 heteroatoms. The SMILES string of the molecule is CCCCCNN.CCc1ccc(F)c(F)c1. The minimum Gasteiger partial charge on any atom is -0.271 e. The summed E-state index contributed by atoms with van der Waals surface area (Å²) in [5, 5.41) is 0. The molecular formula is C13H22F2N2. The highest BCUT2D eigenvalue weighted by Gasteiger charge is 1.99. The van der Waals surface area contributed by atoms with E-state index in [1.165, 1.54) is 25.3 Å². The molecule has 0 radical (unpaired) electrons. The van der Waals surface area contributed by atoms with Gasteiger partial charge in [-0.25, -0.2) is 8.78 Å². The summed E-state index contributed by atoms with van der Waals surface area (Å²) in [5.41, 5.74) is 3.42. The van der Waals surface area contributed by atoms with Crippen LogP contribution >= 0.6 is 0 Å². The molecule has 0 heterocycles. The summed E-state index contributed by atoms with van der Waals surface area (Å²) in [5.74, 6) is 3.47. The van der Waals surface area contributed by atoms with Crippen molar-refractivity contribution in [2.75, 3.05) is 6.54 Å². The summed E-state index contributed by atoms with van der Waals surface area (Å²) in [6.07, 6.45) is 4.48. The Bertz CT molecular complexity index is 299. The molecule has 1 rings (SSSR count). The lowest BCUT2D eigenvalue weighted by Crippen LogP contribution is -2.22. The van der Waals surface area contributed by atoms with Gasteiger partial charge < -0.3 is 0 Å². The number of rotatable bonds is 5. The summed E-state index contributed by atoms with van der Waals surface area (Å²) in [6.45, 7) is 5.02. The van der Waals surface area contributed by atoms with Crippen molar-refractivity contribution >= 4 is 0 Å². The molecule has 0 aliphatic carbocycles. The Hall–Kier alpha value is -1.00. The van der Waals surface area contributed by atoms with Crippen molar-refractivity contribution in [2.45, 2.75) is 39.5 Å². The predicted molar refractivity (Wildman–Crippen MR) is 67.5 cm³/mol. The first kappa shape index (κ1) is 16.0. The maximum atomic E-state index is 12.4. The third kappa shape index (κ3) is 7.82. The van der Waals surface area contributed by atoms with Crippen LogP contribution in [-0.4, -0.2) is 6.54 Å². The highest BCUT2D eigenvalue weighted by Crippen LogP contribution is 2.08. The standard InChI is InChI=1S/C8H8F2.C5H14N2/c1-2-6-3-4-7(9)8(10)5-6;1-2-3-4-5-7-6/h3-5H,2H2,1H3;7H,2-6H2,1H3. The van der Waals surface area contributed by atoms with Gasteiger partial charge in [0.2, 0.25) is 0 Å². The van der Waals surface area contributed by atoms with Gasteiger partial charge in [-0.1, -0.05) is 32.8 Å². The quantitative estimate of drug-likeness (QED) is 0.474. The molecule has 0 saturated carbocycles. The number of unbranched alkanes of at least 4 members (excludes halogenated alkanes) is 2. The average molecular weight is 244 g/mol. The van der Waals surface area contributed by atoms with Crippen molar-refractivity contribution in [3.63, 3.8) is 0 Å². The van der Waals surface area contributed by atoms with Crippen LogP contribution < -0.4 is 11.3 Å². The van der Waals surface area contributed by atoms with Crippen LogP contribution in [0.4, 0.5) is 8.78 Å². The van der Waals surface area contributed by atoms with E-state index in [2.05, 4.69) is 12.3 Å². The number of halogens is 2. The maximum absolute atomic E-state index is 12.4. The van der Waals surface area contributed by atoms with Crippen LogP contribution in [0, 0.1) is 11.6 Å². The maximum Gasteiger partial charge on any atom is 0.159 e. The number of aryl methyl sites for hydroxylation is 1. The Kier molecular flexibility index (Phi) is 9.57. The van der Waals surface area contributed by atoms with E-state index in [-0.39, 0.29) is 0 Å². The van der Waals surface area contributed by atoms with E-state index in [0.717, 1.165) is 24.6 Å². The lowest BCUT2D eigenvalue weighted by Gasteiger charge is -1.95. The Balaban J connectivity index is 0.000000325. The van der Waals surface area contributed by atoms with Crippen molar-refractivity contribution in [3.8, 4) is 0 Å². The fourth-order valence-electron chi connectivity index (χ4n) is 1.24. The van der Waals surface area contributed by atoms with E-state index >= 15 is 0 Å². The Labute approximate surface area is 102 Å². The van der Waals surface area contributed by atoms with Crippen LogP contribution in [0.25, 0.3) is 0 Å². The van der Waals surface area contributed by atoms with E-state index in [1.54, 1.807) is 6.07 Å². The molecule has 98 valence electrons. The van der Waals surface area contributed by atoms with Gasteiger partial charge >= 0.3 is 0 Å². The van der Waals surface area contributed by atoms with Crippen LogP contribution in [0.5, 0.6) is 0 Å². The zero-order valence-corrected chi connectivity index (χ0v) is 10.6. The molecule has 0 aliphatic rings. The van der Waals surface area contributed by atoms with Gasteiger partial charge in [0.1, 0.15) is 0 Å². The molecule has 0 saturated heterocycles. The molecule has 0 aromatic heterocycles. The third-order valence-electron chi connectivity index (χ3n) is 2.32. The fraction of sp³-hybridized carbons (Fsp3) is 0.538. The number of benzene rings is 1. The monoisotopic (exact) mass is 244 g/mol. The van der Waals surface area contributed by atoms with Gasteiger partial charge in [-0.2, -0.15) is 0 Å². The average Bonchev–Trinajstić information content (AvgIpc) is 2.34. The minimum atomic E-state index is -0.780. The van der Waals surface area contributed by atoms with Gasteiger partial charge in [0.15, 0.2) is 11.6 Å². The van der Waals surface area contributed by atoms with Crippen molar-refractivity contribution in [2.24, 2.45) is 5.84 Å². The van der Waals surface area contributed by atoms with Gasteiger partial charge in [0.25, 0.3) is 0 Å². The molecule has 0 bridgehead atoms. The molecular weight excluding hydrogens is 222 g/mol. The fourth-order valence-corrected chi connectivity index (χ4v) is 1.24. The Morgan fingerprint density at radius 1 is 1.12 bits per heavy atom. The first-order valence-corrected chi connectivity index (χ1v) is 6.03. The van der Waals surface area contributed by atoms with E-state index in [0.29, 0.717) is 0 Å². The number of hydrogen-bond acceptors (Lipinski definition) is 2. The summed E-state index contributed by atoms with van der Waals surface area (Å²) in [7, 11) is 0. The molecule has 2 nitrogen and oxygen atoms in total. The largest absolute Gasteiger partial charge is 0.271 e. The van der Waals surface area contributed by atoms with Crippen molar-refractivity contribution < 1.29 is 8.78 Å². The van der Waals surface area contributed by atoms with E-state index in [4.69, 9.17) is 5.84 Å². The lowest BCUT2D eigenvalue weighted by molar-refractivity contribution is 0.507. The van der Waals surface area contributed by atoms with Gasteiger partial charge in [0, 0.05) is 6.54 Å². The second-order valence-corrected chi connectivity index (χ2v) is 3.76. The molecule has 0 amide bonds. The predicted octanol–water partition coefficient (Wildman–Crippen LogP) is 3.17. The van der Waals surface area contributed by atoms with Crippen LogP contribution in [0.15, 0.2) is 18.2 Å². The van der Waals surface area contributed by atoms with E-state index < -0.39 is 11.6 Å². The van der Waals surface area contributed by atoms with Crippen LogP contribution in [-0.2, 0) is 6.42 Å². The summed E-state index contributed by atoms with van der Waals surface area (Å²) in [6, 6.07) is 3.95. The highest BCUT2D eigenvalue weighted by molar-refractivity contribution is 5.17. The number of hydrogen-bond donors (Lipinski definition) is 2. The molecule has 1 aromatic carbocycles. The number of hydrazine groups is 1. The van der Waals surface area contributed by atoms with Crippen molar-refractivity contribution in [1.82, 2.24) is 5.43 Å². The first-order chi connectivity index (χ1) is 8.15. The van der Waals surface area contributed by atoms with Gasteiger partial charge in [-0.15, -0.1) is 0 Å². The normalized spacial score (nSPS) is 9.71.